The third-order valence-corrected chi connectivity index (χ3v) is 6.09. The van der Waals surface area contributed by atoms with E-state index in [1.165, 1.54) is 5.56 Å². The second-order valence-electron chi connectivity index (χ2n) is 5.56. The Balaban J connectivity index is 1.80. The molecule has 0 radical (unpaired) electrons. The van der Waals surface area contributed by atoms with Crippen LogP contribution in [0, 0.1) is 0 Å². The minimum atomic E-state index is -0.560. The van der Waals surface area contributed by atoms with Gasteiger partial charge in [-0.05, 0) is 31.2 Å². The molecular weight excluding hydrogens is 252 g/mol. The summed E-state index contributed by atoms with van der Waals surface area (Å²) in [7, 11) is 0. The van der Waals surface area contributed by atoms with Crippen LogP contribution < -0.4 is 0 Å². The van der Waals surface area contributed by atoms with Gasteiger partial charge in [0.05, 0.1) is 10.3 Å². The van der Waals surface area contributed by atoms with Crippen LogP contribution in [0.25, 0.3) is 0 Å². The molecule has 100 valence electrons. The Kier molecular flexibility index (Phi) is 3.55. The first-order valence-corrected chi connectivity index (χ1v) is 7.93. The van der Waals surface area contributed by atoms with E-state index in [1.54, 1.807) is 0 Å². The average Bonchev–Trinajstić information content (AvgIpc) is 2.46. The van der Waals surface area contributed by atoms with E-state index in [2.05, 4.69) is 54.6 Å². The van der Waals surface area contributed by atoms with Gasteiger partial charge in [0, 0.05) is 5.75 Å². The predicted octanol–water partition coefficient (Wildman–Crippen LogP) is 4.09. The normalized spacial score (nSPS) is 33.1. The van der Waals surface area contributed by atoms with Crippen LogP contribution in [0.5, 0.6) is 0 Å². The molecule has 3 rings (SSSR count). The fourth-order valence-electron chi connectivity index (χ4n) is 3.07. The number of rotatable bonds is 3. The van der Waals surface area contributed by atoms with Gasteiger partial charge in [0.2, 0.25) is 0 Å². The molecule has 0 saturated carbocycles. The molecule has 0 saturated heterocycles. The molecule has 0 bridgehead atoms. The average molecular weight is 272 g/mol. The molecule has 2 aliphatic rings. The highest BCUT2D eigenvalue weighted by molar-refractivity contribution is 8.00. The molecule has 2 aliphatic carbocycles. The third kappa shape index (κ3) is 2.39. The molecule has 0 unspecified atom stereocenters. The Hall–Kier alpha value is -0.990. The highest BCUT2D eigenvalue weighted by Crippen LogP contribution is 2.51. The van der Waals surface area contributed by atoms with E-state index in [4.69, 9.17) is 0 Å². The number of hydrogen-bond acceptors (Lipinski definition) is 2. The maximum absolute atomic E-state index is 11.0. The molecular formula is C17H20OS. The fraction of sp³-hybridized carbons (Fsp3) is 0.412. The summed E-state index contributed by atoms with van der Waals surface area (Å²) in [4.78, 5) is 0. The molecule has 0 fully saturated rings. The molecule has 0 amide bonds. The molecule has 0 atom stereocenters. The zero-order valence-corrected chi connectivity index (χ0v) is 11.9. The second-order valence-corrected chi connectivity index (χ2v) is 6.92. The van der Waals surface area contributed by atoms with Crippen molar-refractivity contribution in [1.82, 2.24) is 0 Å². The van der Waals surface area contributed by atoms with Gasteiger partial charge in [0.1, 0.15) is 0 Å². The Morgan fingerprint density at radius 3 is 2.11 bits per heavy atom. The summed E-state index contributed by atoms with van der Waals surface area (Å²) in [5, 5.41) is 11.0. The van der Waals surface area contributed by atoms with Gasteiger partial charge < -0.3 is 5.11 Å². The molecule has 0 spiro atoms. The summed E-state index contributed by atoms with van der Waals surface area (Å²) in [6.07, 6.45) is 12.3. The van der Waals surface area contributed by atoms with Gasteiger partial charge in [-0.25, -0.2) is 0 Å². The van der Waals surface area contributed by atoms with Crippen molar-refractivity contribution >= 4 is 11.8 Å². The Labute approximate surface area is 119 Å². The monoisotopic (exact) mass is 272 g/mol. The van der Waals surface area contributed by atoms with Crippen LogP contribution in [0.4, 0.5) is 0 Å². The van der Waals surface area contributed by atoms with E-state index in [9.17, 15) is 5.11 Å². The van der Waals surface area contributed by atoms with Crippen LogP contribution in [0.2, 0.25) is 0 Å². The summed E-state index contributed by atoms with van der Waals surface area (Å²) >= 11 is 1.93. The van der Waals surface area contributed by atoms with E-state index >= 15 is 0 Å². The number of thioether (sulfide) groups is 1. The summed E-state index contributed by atoms with van der Waals surface area (Å²) in [5.74, 6) is 0.977. The standard InChI is InChI=1S/C17H20OS/c18-16-10-4-6-12-17(16,13-7-5-11-16)19-14-15-8-2-1-3-9-15/h1-9,18H,10-14H2. The topological polar surface area (TPSA) is 20.2 Å². The lowest BCUT2D eigenvalue weighted by Gasteiger charge is -2.49. The maximum Gasteiger partial charge on any atom is 0.0868 e. The Bertz CT molecular complexity index is 471. The van der Waals surface area contributed by atoms with Crippen molar-refractivity contribution in [2.24, 2.45) is 0 Å². The smallest absolute Gasteiger partial charge is 0.0868 e. The number of benzene rings is 1. The van der Waals surface area contributed by atoms with Crippen LogP contribution in [0.1, 0.15) is 31.2 Å². The van der Waals surface area contributed by atoms with Crippen molar-refractivity contribution in [3.8, 4) is 0 Å². The highest BCUT2D eigenvalue weighted by atomic mass is 32.2. The van der Waals surface area contributed by atoms with Crippen molar-refractivity contribution in [2.45, 2.75) is 41.8 Å². The number of allylic oxidation sites excluding steroid dienone is 2. The minimum Gasteiger partial charge on any atom is -0.388 e. The molecule has 0 heterocycles. The summed E-state index contributed by atoms with van der Waals surface area (Å²) in [6.45, 7) is 0. The fourth-order valence-corrected chi connectivity index (χ4v) is 4.57. The van der Waals surface area contributed by atoms with Crippen molar-refractivity contribution in [3.05, 3.63) is 60.2 Å². The van der Waals surface area contributed by atoms with Crippen LogP contribution in [-0.4, -0.2) is 15.5 Å². The number of hydrogen-bond donors (Lipinski definition) is 1. The van der Waals surface area contributed by atoms with Crippen LogP contribution >= 0.6 is 11.8 Å². The largest absolute Gasteiger partial charge is 0.388 e. The Morgan fingerprint density at radius 1 is 0.895 bits per heavy atom. The predicted molar refractivity (Wildman–Crippen MR) is 82.2 cm³/mol. The third-order valence-electron chi connectivity index (χ3n) is 4.35. The van der Waals surface area contributed by atoms with Crippen LogP contribution in [-0.2, 0) is 5.75 Å². The first-order valence-electron chi connectivity index (χ1n) is 6.94. The molecule has 1 aromatic rings. The van der Waals surface area contributed by atoms with Gasteiger partial charge in [-0.1, -0.05) is 54.6 Å². The first kappa shape index (κ1) is 13.0. The van der Waals surface area contributed by atoms with Crippen molar-refractivity contribution in [3.63, 3.8) is 0 Å². The lowest BCUT2D eigenvalue weighted by molar-refractivity contribution is -0.00263. The van der Waals surface area contributed by atoms with E-state index in [-0.39, 0.29) is 4.75 Å². The zero-order valence-electron chi connectivity index (χ0n) is 11.1. The van der Waals surface area contributed by atoms with Gasteiger partial charge in [0.15, 0.2) is 0 Å². The number of fused-ring (bicyclic) bond motifs is 1. The second kappa shape index (κ2) is 5.18. The quantitative estimate of drug-likeness (QED) is 0.836. The van der Waals surface area contributed by atoms with Gasteiger partial charge in [-0.15, -0.1) is 11.8 Å². The van der Waals surface area contributed by atoms with E-state index in [0.29, 0.717) is 0 Å². The maximum atomic E-state index is 11.0. The van der Waals surface area contributed by atoms with E-state index in [0.717, 1.165) is 31.4 Å². The van der Waals surface area contributed by atoms with Crippen molar-refractivity contribution in [2.75, 3.05) is 0 Å². The van der Waals surface area contributed by atoms with Gasteiger partial charge >= 0.3 is 0 Å². The van der Waals surface area contributed by atoms with Crippen LogP contribution in [0.3, 0.4) is 0 Å². The van der Waals surface area contributed by atoms with E-state index in [1.807, 2.05) is 11.8 Å². The highest BCUT2D eigenvalue weighted by Gasteiger charge is 2.50. The lowest BCUT2D eigenvalue weighted by Crippen LogP contribution is -2.53. The van der Waals surface area contributed by atoms with Gasteiger partial charge in [0.25, 0.3) is 0 Å². The lowest BCUT2D eigenvalue weighted by atomic mass is 9.71. The molecule has 0 aliphatic heterocycles. The number of aliphatic hydroxyl groups is 1. The van der Waals surface area contributed by atoms with Crippen molar-refractivity contribution in [1.29, 1.82) is 0 Å². The minimum absolute atomic E-state index is 0.0354. The molecule has 1 N–H and O–H groups in total. The van der Waals surface area contributed by atoms with Gasteiger partial charge in [-0.2, -0.15) is 0 Å². The molecule has 19 heavy (non-hydrogen) atoms. The summed E-state index contributed by atoms with van der Waals surface area (Å²) in [6, 6.07) is 10.6. The van der Waals surface area contributed by atoms with Gasteiger partial charge in [-0.3, -0.25) is 0 Å². The summed E-state index contributed by atoms with van der Waals surface area (Å²) < 4.78 is -0.0354. The summed E-state index contributed by atoms with van der Waals surface area (Å²) in [5.41, 5.74) is 0.781. The molecule has 2 heteroatoms. The Morgan fingerprint density at radius 2 is 1.47 bits per heavy atom. The van der Waals surface area contributed by atoms with Crippen molar-refractivity contribution < 1.29 is 5.11 Å². The molecule has 0 aromatic heterocycles. The van der Waals surface area contributed by atoms with E-state index < -0.39 is 5.60 Å². The van der Waals surface area contributed by atoms with Crippen LogP contribution in [0.15, 0.2) is 54.6 Å². The SMILES string of the molecule is OC12CC=CCC1(SCc1ccccc1)CC=CC2. The molecule has 1 nitrogen and oxygen atoms in total. The zero-order chi connectivity index (χ0) is 13.2. The first-order chi connectivity index (χ1) is 9.24. The molecule has 1 aromatic carbocycles.